The van der Waals surface area contributed by atoms with Crippen LogP contribution in [0, 0.1) is 6.92 Å². The van der Waals surface area contributed by atoms with Gasteiger partial charge in [-0.2, -0.15) is 0 Å². The first kappa shape index (κ1) is 21.4. The van der Waals surface area contributed by atoms with Crippen molar-refractivity contribution in [3.8, 4) is 11.5 Å². The Morgan fingerprint density at radius 2 is 1.11 bits per heavy atom. The van der Waals surface area contributed by atoms with Gasteiger partial charge in [-0.3, -0.25) is 0 Å². The lowest BCUT2D eigenvalue weighted by molar-refractivity contribution is 0.171. The Morgan fingerprint density at radius 1 is 0.553 bits per heavy atom. The number of aryl methyl sites for hydroxylation is 1. The lowest BCUT2D eigenvalue weighted by atomic mass is 9.75. The second-order valence-corrected chi connectivity index (χ2v) is 10.1. The van der Waals surface area contributed by atoms with Crippen LogP contribution in [0.5, 0.6) is 11.5 Å². The molecule has 0 aromatic heterocycles. The minimum atomic E-state index is 0.0718. The highest BCUT2D eigenvalue weighted by Crippen LogP contribution is 2.61. The number of ether oxygens (including phenoxy) is 2. The van der Waals surface area contributed by atoms with E-state index in [0.29, 0.717) is 13.2 Å². The van der Waals surface area contributed by atoms with Gasteiger partial charge in [-0.1, -0.05) is 54.6 Å². The van der Waals surface area contributed by atoms with Crippen LogP contribution in [0.25, 0.3) is 0 Å². The molecule has 0 saturated heterocycles. The zero-order valence-corrected chi connectivity index (χ0v) is 21.1. The van der Waals surface area contributed by atoms with E-state index in [1.165, 1.54) is 39.3 Å². The van der Waals surface area contributed by atoms with Crippen molar-refractivity contribution in [1.82, 2.24) is 0 Å². The van der Waals surface area contributed by atoms with Crippen molar-refractivity contribution in [1.29, 1.82) is 0 Å². The Kier molecular flexibility index (Phi) is 4.59. The van der Waals surface area contributed by atoms with Gasteiger partial charge in [0.05, 0.1) is 22.7 Å². The van der Waals surface area contributed by atoms with Crippen molar-refractivity contribution in [2.24, 2.45) is 0 Å². The molecule has 1 atom stereocenters. The highest BCUT2D eigenvalue weighted by molar-refractivity contribution is 5.96. The molecule has 0 amide bonds. The number of hydrogen-bond donors (Lipinski definition) is 0. The molecule has 0 spiro atoms. The minimum absolute atomic E-state index is 0.0718. The molecular formula is C34H26N2O2. The van der Waals surface area contributed by atoms with Gasteiger partial charge >= 0.3 is 0 Å². The molecule has 5 aromatic carbocycles. The van der Waals surface area contributed by atoms with E-state index >= 15 is 0 Å². The number of nitrogens with zero attached hydrogens (tertiary/aromatic N) is 2. The second kappa shape index (κ2) is 8.15. The molecule has 0 fully saturated rings. The highest BCUT2D eigenvalue weighted by Gasteiger charge is 2.41. The lowest BCUT2D eigenvalue weighted by Crippen LogP contribution is -2.29. The molecular weight excluding hydrogens is 468 g/mol. The molecule has 3 aliphatic heterocycles. The van der Waals surface area contributed by atoms with E-state index in [1.54, 1.807) is 0 Å². The summed E-state index contributed by atoms with van der Waals surface area (Å²) in [5, 5.41) is 0. The molecule has 0 saturated carbocycles. The Labute approximate surface area is 222 Å². The van der Waals surface area contributed by atoms with E-state index in [-0.39, 0.29) is 5.92 Å². The summed E-state index contributed by atoms with van der Waals surface area (Å²) in [7, 11) is 0. The van der Waals surface area contributed by atoms with Crippen molar-refractivity contribution >= 4 is 34.1 Å². The number of fused-ring (bicyclic) bond motifs is 5. The van der Waals surface area contributed by atoms with Crippen molar-refractivity contribution in [3.05, 3.63) is 131 Å². The smallest absolute Gasteiger partial charge is 0.163 e. The number of rotatable bonds is 2. The molecule has 0 radical (unpaired) electrons. The summed E-state index contributed by atoms with van der Waals surface area (Å²) >= 11 is 0. The van der Waals surface area contributed by atoms with Gasteiger partial charge in [0.1, 0.15) is 13.2 Å². The largest absolute Gasteiger partial charge is 0.486 e. The standard InChI is InChI=1S/C34H26N2O2/c1-22-18-29-34-30(19-22)36(24-12-6-3-7-13-24)28-21-32-31(37-16-17-38-32)20-26(28)33(34)25-14-8-9-15-27(25)35(29)23-10-4-2-5-11-23/h2-15,18-21,33H,16-17H2,1H3. The predicted molar refractivity (Wildman–Crippen MR) is 152 cm³/mol. The fourth-order valence-corrected chi connectivity index (χ4v) is 6.33. The van der Waals surface area contributed by atoms with Crippen molar-refractivity contribution in [3.63, 3.8) is 0 Å². The summed E-state index contributed by atoms with van der Waals surface area (Å²) in [4.78, 5) is 4.82. The van der Waals surface area contributed by atoms with Crippen LogP contribution in [-0.4, -0.2) is 13.2 Å². The number of benzene rings is 5. The van der Waals surface area contributed by atoms with Crippen molar-refractivity contribution < 1.29 is 9.47 Å². The van der Waals surface area contributed by atoms with Crippen LogP contribution in [0.1, 0.15) is 28.2 Å². The molecule has 3 aliphatic rings. The van der Waals surface area contributed by atoms with Gasteiger partial charge in [0.25, 0.3) is 0 Å². The monoisotopic (exact) mass is 494 g/mol. The molecule has 0 aliphatic carbocycles. The fourth-order valence-electron chi connectivity index (χ4n) is 6.33. The molecule has 5 aromatic rings. The topological polar surface area (TPSA) is 24.9 Å². The van der Waals surface area contributed by atoms with Crippen LogP contribution in [0.15, 0.2) is 109 Å². The van der Waals surface area contributed by atoms with Crippen LogP contribution < -0.4 is 19.3 Å². The summed E-state index contributed by atoms with van der Waals surface area (Å²) in [6.07, 6.45) is 0. The Bertz CT molecular complexity index is 1700. The molecule has 0 N–H and O–H groups in total. The number of anilines is 6. The zero-order valence-electron chi connectivity index (χ0n) is 21.1. The molecule has 38 heavy (non-hydrogen) atoms. The van der Waals surface area contributed by atoms with Crippen LogP contribution in [-0.2, 0) is 0 Å². The Morgan fingerprint density at radius 3 is 1.76 bits per heavy atom. The van der Waals surface area contributed by atoms with E-state index < -0.39 is 0 Å². The van der Waals surface area contributed by atoms with Gasteiger partial charge in [0.2, 0.25) is 0 Å². The van der Waals surface area contributed by atoms with Gasteiger partial charge in [-0.25, -0.2) is 0 Å². The zero-order chi connectivity index (χ0) is 25.2. The third-order valence-electron chi connectivity index (χ3n) is 7.81. The lowest BCUT2D eigenvalue weighted by Gasteiger charge is -2.45. The molecule has 0 bridgehead atoms. The summed E-state index contributed by atoms with van der Waals surface area (Å²) < 4.78 is 12.2. The summed E-state index contributed by atoms with van der Waals surface area (Å²) in [5.41, 5.74) is 12.1. The summed E-state index contributed by atoms with van der Waals surface area (Å²) in [6.45, 7) is 3.32. The molecule has 1 unspecified atom stereocenters. The maximum atomic E-state index is 6.10. The summed E-state index contributed by atoms with van der Waals surface area (Å²) in [5.74, 6) is 1.70. The van der Waals surface area contributed by atoms with E-state index in [1.807, 2.05) is 0 Å². The maximum Gasteiger partial charge on any atom is 0.163 e. The predicted octanol–water partition coefficient (Wildman–Crippen LogP) is 8.51. The van der Waals surface area contributed by atoms with Gasteiger partial charge < -0.3 is 19.3 Å². The third kappa shape index (κ3) is 3.04. The fraction of sp³-hybridized carbons (Fsp3) is 0.118. The second-order valence-electron chi connectivity index (χ2n) is 10.1. The average molecular weight is 495 g/mol. The normalized spacial score (nSPS) is 16.4. The van der Waals surface area contributed by atoms with E-state index in [4.69, 9.17) is 9.47 Å². The first-order chi connectivity index (χ1) is 18.8. The van der Waals surface area contributed by atoms with Gasteiger partial charge in [-0.15, -0.1) is 0 Å². The molecule has 184 valence electrons. The van der Waals surface area contributed by atoms with Gasteiger partial charge in [0.15, 0.2) is 11.5 Å². The van der Waals surface area contributed by atoms with Crippen molar-refractivity contribution in [2.45, 2.75) is 12.8 Å². The van der Waals surface area contributed by atoms with Crippen LogP contribution in [0.4, 0.5) is 34.1 Å². The SMILES string of the molecule is Cc1cc2c3c(c1)N(c1ccccc1)c1cc4c(cc1C3c1ccccc1N2c1ccccc1)OCCO4. The van der Waals surface area contributed by atoms with Crippen LogP contribution in [0.3, 0.4) is 0 Å². The van der Waals surface area contributed by atoms with Crippen LogP contribution >= 0.6 is 0 Å². The molecule has 4 nitrogen and oxygen atoms in total. The molecule has 3 heterocycles. The van der Waals surface area contributed by atoms with Crippen molar-refractivity contribution in [2.75, 3.05) is 23.0 Å². The Hall–Kier alpha value is -4.70. The quantitative estimate of drug-likeness (QED) is 0.240. The third-order valence-corrected chi connectivity index (χ3v) is 7.81. The molecule has 4 heteroatoms. The minimum Gasteiger partial charge on any atom is -0.486 e. The molecule has 8 rings (SSSR count). The van der Waals surface area contributed by atoms with E-state index in [0.717, 1.165) is 28.6 Å². The van der Waals surface area contributed by atoms with E-state index in [2.05, 4.69) is 126 Å². The highest BCUT2D eigenvalue weighted by atomic mass is 16.6. The van der Waals surface area contributed by atoms with Gasteiger partial charge in [-0.05, 0) is 72.1 Å². The average Bonchev–Trinajstić information content (AvgIpc) is 2.97. The van der Waals surface area contributed by atoms with Crippen LogP contribution in [0.2, 0.25) is 0 Å². The first-order valence-electron chi connectivity index (χ1n) is 13.2. The summed E-state index contributed by atoms with van der Waals surface area (Å²) in [6, 6.07) is 39.2. The van der Waals surface area contributed by atoms with Gasteiger partial charge in [0, 0.05) is 28.9 Å². The Balaban J connectivity index is 1.49. The first-order valence-corrected chi connectivity index (χ1v) is 13.2. The van der Waals surface area contributed by atoms with E-state index in [9.17, 15) is 0 Å². The maximum absolute atomic E-state index is 6.10. The number of hydrogen-bond acceptors (Lipinski definition) is 4. The number of para-hydroxylation sites is 3.